The summed E-state index contributed by atoms with van der Waals surface area (Å²) in [5.41, 5.74) is 0.441. The van der Waals surface area contributed by atoms with Gasteiger partial charge in [0.25, 0.3) is 0 Å². The van der Waals surface area contributed by atoms with E-state index in [-0.39, 0.29) is 0 Å². The molecule has 1 N–H and O–H groups in total. The van der Waals surface area contributed by atoms with E-state index in [9.17, 15) is 13.2 Å². The zero-order valence-corrected chi connectivity index (χ0v) is 7.05. The average Bonchev–Trinajstić information content (AvgIpc) is 2.14. The van der Waals surface area contributed by atoms with Crippen molar-refractivity contribution in [3.05, 3.63) is 35.9 Å². The van der Waals surface area contributed by atoms with Gasteiger partial charge in [-0.3, -0.25) is 0 Å². The number of aliphatic hydroxyl groups is 1. The second kappa shape index (κ2) is 4.16. The molecule has 1 aromatic carbocycles. The lowest BCUT2D eigenvalue weighted by Gasteiger charge is -2.06. The first-order valence-corrected chi connectivity index (χ1v) is 3.81. The van der Waals surface area contributed by atoms with Crippen molar-refractivity contribution in [1.82, 2.24) is 0 Å². The van der Waals surface area contributed by atoms with Gasteiger partial charge in [0.15, 0.2) is 0 Å². The Hall–Kier alpha value is -1.47. The van der Waals surface area contributed by atoms with Crippen molar-refractivity contribution in [2.75, 3.05) is 0 Å². The van der Waals surface area contributed by atoms with Crippen LogP contribution in [0.1, 0.15) is 5.56 Å². The van der Waals surface area contributed by atoms with Gasteiger partial charge >= 0.3 is 6.18 Å². The predicted octanol–water partition coefficient (Wildman–Crippen LogP) is 1.96. The highest BCUT2D eigenvalue weighted by atomic mass is 19.4. The van der Waals surface area contributed by atoms with Crippen LogP contribution in [0.3, 0.4) is 0 Å². The molecular weight excluding hydrogens is 193 g/mol. The van der Waals surface area contributed by atoms with Gasteiger partial charge in [0.2, 0.25) is 6.10 Å². The molecule has 1 nitrogen and oxygen atoms in total. The summed E-state index contributed by atoms with van der Waals surface area (Å²) in [7, 11) is 0. The highest BCUT2D eigenvalue weighted by Crippen LogP contribution is 2.19. The molecule has 0 amide bonds. The molecule has 4 heteroatoms. The summed E-state index contributed by atoms with van der Waals surface area (Å²) in [5.74, 6) is 3.95. The number of rotatable bonds is 0. The van der Waals surface area contributed by atoms with Crippen molar-refractivity contribution in [1.29, 1.82) is 0 Å². The molecule has 74 valence electrons. The first-order chi connectivity index (χ1) is 6.50. The number of hydrogen-bond acceptors (Lipinski definition) is 1. The van der Waals surface area contributed by atoms with Crippen LogP contribution in [0.25, 0.3) is 0 Å². The molecule has 1 atom stereocenters. The highest BCUT2D eigenvalue weighted by molar-refractivity contribution is 5.34. The van der Waals surface area contributed by atoms with Crippen molar-refractivity contribution in [2.45, 2.75) is 12.3 Å². The van der Waals surface area contributed by atoms with Gasteiger partial charge < -0.3 is 5.11 Å². The number of halogens is 3. The number of hydrogen-bond donors (Lipinski definition) is 1. The summed E-state index contributed by atoms with van der Waals surface area (Å²) in [5, 5.41) is 8.55. The van der Waals surface area contributed by atoms with E-state index >= 15 is 0 Å². The molecule has 0 aromatic heterocycles. The Morgan fingerprint density at radius 3 is 2.21 bits per heavy atom. The maximum absolute atomic E-state index is 11.8. The third-order valence-electron chi connectivity index (χ3n) is 1.44. The lowest BCUT2D eigenvalue weighted by molar-refractivity contribution is -0.184. The Labute approximate surface area is 79.2 Å². The molecule has 0 saturated carbocycles. The van der Waals surface area contributed by atoms with Gasteiger partial charge in [-0.25, -0.2) is 0 Å². The van der Waals surface area contributed by atoms with Crippen LogP contribution in [-0.4, -0.2) is 17.4 Å². The Morgan fingerprint density at radius 1 is 1.14 bits per heavy atom. The molecule has 0 spiro atoms. The van der Waals surface area contributed by atoms with Gasteiger partial charge in [-0.05, 0) is 12.1 Å². The SMILES string of the molecule is O[C@@H](C#Cc1ccccc1)C(F)(F)F. The van der Waals surface area contributed by atoms with Gasteiger partial charge in [0.05, 0.1) is 0 Å². The quantitative estimate of drug-likeness (QED) is 0.635. The molecule has 0 aliphatic carbocycles. The fourth-order valence-corrected chi connectivity index (χ4v) is 0.755. The van der Waals surface area contributed by atoms with Crippen LogP contribution in [0.5, 0.6) is 0 Å². The van der Waals surface area contributed by atoms with Gasteiger partial charge in [0.1, 0.15) is 0 Å². The zero-order chi connectivity index (χ0) is 10.6. The van der Waals surface area contributed by atoms with E-state index in [0.717, 1.165) is 0 Å². The van der Waals surface area contributed by atoms with Crippen LogP contribution in [0, 0.1) is 11.8 Å². The minimum absolute atomic E-state index is 0.441. The van der Waals surface area contributed by atoms with Crippen molar-refractivity contribution < 1.29 is 18.3 Å². The van der Waals surface area contributed by atoms with Crippen LogP contribution < -0.4 is 0 Å². The normalized spacial score (nSPS) is 12.9. The van der Waals surface area contributed by atoms with Crippen LogP contribution in [-0.2, 0) is 0 Å². The molecule has 14 heavy (non-hydrogen) atoms. The summed E-state index contributed by atoms with van der Waals surface area (Å²) in [6.45, 7) is 0. The van der Waals surface area contributed by atoms with E-state index in [1.807, 2.05) is 0 Å². The topological polar surface area (TPSA) is 20.2 Å². The Bertz CT molecular complexity index is 345. The van der Waals surface area contributed by atoms with Crippen molar-refractivity contribution in [3.63, 3.8) is 0 Å². The second-order valence-electron chi connectivity index (χ2n) is 2.58. The molecule has 0 saturated heterocycles. The molecule has 0 fully saturated rings. The van der Waals surface area contributed by atoms with Crippen molar-refractivity contribution >= 4 is 0 Å². The third-order valence-corrected chi connectivity index (χ3v) is 1.44. The number of alkyl halides is 3. The molecule has 0 aliphatic heterocycles. The van der Waals surface area contributed by atoms with E-state index in [1.165, 1.54) is 0 Å². The molecule has 0 radical (unpaired) electrons. The van der Waals surface area contributed by atoms with Crippen LogP contribution in [0.4, 0.5) is 13.2 Å². The van der Waals surface area contributed by atoms with Crippen molar-refractivity contribution in [2.24, 2.45) is 0 Å². The van der Waals surface area contributed by atoms with Gasteiger partial charge in [-0.15, -0.1) is 0 Å². The predicted molar refractivity (Wildman–Crippen MR) is 45.4 cm³/mol. The first kappa shape index (κ1) is 10.6. The summed E-state index contributed by atoms with van der Waals surface area (Å²) in [6.07, 6.45) is -7.26. The summed E-state index contributed by atoms with van der Waals surface area (Å²) >= 11 is 0. The monoisotopic (exact) mass is 200 g/mol. The van der Waals surface area contributed by atoms with E-state index in [1.54, 1.807) is 36.3 Å². The Morgan fingerprint density at radius 2 is 1.71 bits per heavy atom. The summed E-state index contributed by atoms with van der Waals surface area (Å²) in [6, 6.07) is 8.17. The average molecular weight is 200 g/mol. The fraction of sp³-hybridized carbons (Fsp3) is 0.200. The van der Waals surface area contributed by atoms with Crippen LogP contribution in [0.15, 0.2) is 30.3 Å². The van der Waals surface area contributed by atoms with Crippen LogP contribution >= 0.6 is 0 Å². The largest absolute Gasteiger partial charge is 0.425 e. The Kier molecular flexibility index (Phi) is 3.15. The highest BCUT2D eigenvalue weighted by Gasteiger charge is 2.36. The van der Waals surface area contributed by atoms with Crippen molar-refractivity contribution in [3.8, 4) is 11.8 Å². The zero-order valence-electron chi connectivity index (χ0n) is 7.05. The molecule has 1 rings (SSSR count). The molecule has 0 aliphatic rings. The lowest BCUT2D eigenvalue weighted by Crippen LogP contribution is -2.26. The van der Waals surface area contributed by atoms with Crippen LogP contribution in [0.2, 0.25) is 0 Å². The molecule has 1 aromatic rings. The van der Waals surface area contributed by atoms with Gasteiger partial charge in [-0.1, -0.05) is 30.0 Å². The van der Waals surface area contributed by atoms with E-state index in [2.05, 4.69) is 5.92 Å². The minimum Gasteiger partial charge on any atom is -0.372 e. The lowest BCUT2D eigenvalue weighted by atomic mass is 10.2. The molecule has 0 heterocycles. The summed E-state index contributed by atoms with van der Waals surface area (Å²) in [4.78, 5) is 0. The van der Waals surface area contributed by atoms with E-state index < -0.39 is 12.3 Å². The molecular formula is C10H7F3O. The minimum atomic E-state index is -4.68. The molecule has 0 bridgehead atoms. The standard InChI is InChI=1S/C10H7F3O/c11-10(12,13)9(14)7-6-8-4-2-1-3-5-8/h1-5,9,14H/t9-/m0/s1. The summed E-state index contributed by atoms with van der Waals surface area (Å²) < 4.78 is 35.4. The number of aliphatic hydroxyl groups excluding tert-OH is 1. The Balaban J connectivity index is 2.74. The van der Waals surface area contributed by atoms with Gasteiger partial charge in [-0.2, -0.15) is 13.2 Å². The van der Waals surface area contributed by atoms with Gasteiger partial charge in [0, 0.05) is 5.56 Å². The third kappa shape index (κ3) is 3.11. The smallest absolute Gasteiger partial charge is 0.372 e. The van der Waals surface area contributed by atoms with E-state index in [4.69, 9.17) is 5.11 Å². The fourth-order valence-electron chi connectivity index (χ4n) is 0.755. The molecule has 0 unspecified atom stereocenters. The maximum Gasteiger partial charge on any atom is 0.425 e. The first-order valence-electron chi connectivity index (χ1n) is 3.81. The second-order valence-corrected chi connectivity index (χ2v) is 2.58. The number of benzene rings is 1. The maximum atomic E-state index is 11.8. The van der Waals surface area contributed by atoms with E-state index in [0.29, 0.717) is 5.56 Å².